The summed E-state index contributed by atoms with van der Waals surface area (Å²) in [5.74, 6) is -2.34. The Morgan fingerprint density at radius 3 is 1.80 bits per heavy atom. The molecule has 0 aromatic heterocycles. The van der Waals surface area contributed by atoms with Gasteiger partial charge in [0, 0.05) is 30.0 Å². The molecule has 5 rings (SSSR count). The van der Waals surface area contributed by atoms with Crippen molar-refractivity contribution in [3.05, 3.63) is 102 Å². The fraction of sp³-hybridized carbons (Fsp3) is 0.357. The number of nitro groups is 2. The van der Waals surface area contributed by atoms with E-state index in [4.69, 9.17) is 32.7 Å². The molecule has 9 nitrogen and oxygen atoms in total. The predicted molar refractivity (Wildman–Crippen MR) is 149 cm³/mol. The van der Waals surface area contributed by atoms with Crippen molar-refractivity contribution in [1.82, 2.24) is 0 Å². The van der Waals surface area contributed by atoms with Gasteiger partial charge in [-0.1, -0.05) is 42.3 Å². The number of rotatable bonds is 9. The normalized spacial score (nSPS) is 19.6. The molecule has 2 heterocycles. The third-order valence-electron chi connectivity index (χ3n) is 7.86. The van der Waals surface area contributed by atoms with E-state index in [1.165, 1.54) is 24.3 Å². The molecule has 2 fully saturated rings. The lowest BCUT2D eigenvalue weighted by Crippen LogP contribution is -2.46. The molecule has 0 spiro atoms. The van der Waals surface area contributed by atoms with Gasteiger partial charge in [-0.3, -0.25) is 20.2 Å². The van der Waals surface area contributed by atoms with E-state index < -0.39 is 39.3 Å². The molecule has 0 saturated carbocycles. The van der Waals surface area contributed by atoms with Crippen LogP contribution < -0.4 is 9.64 Å². The molecule has 0 bridgehead atoms. The Labute approximate surface area is 243 Å². The number of halogens is 4. The van der Waals surface area contributed by atoms with E-state index in [-0.39, 0.29) is 39.1 Å². The van der Waals surface area contributed by atoms with Gasteiger partial charge in [0.05, 0.1) is 47.2 Å². The van der Waals surface area contributed by atoms with Gasteiger partial charge in [-0.2, -0.15) is 0 Å². The molecule has 0 aliphatic carbocycles. The summed E-state index contributed by atoms with van der Waals surface area (Å²) in [5, 5.41) is 23.1. The molecule has 3 aromatic carbocycles. The van der Waals surface area contributed by atoms with E-state index >= 15 is 8.78 Å². The van der Waals surface area contributed by atoms with E-state index in [1.54, 1.807) is 17.0 Å². The van der Waals surface area contributed by atoms with E-state index in [2.05, 4.69) is 0 Å². The van der Waals surface area contributed by atoms with Gasteiger partial charge < -0.3 is 14.4 Å². The summed E-state index contributed by atoms with van der Waals surface area (Å²) >= 11 is 12.1. The molecule has 216 valence electrons. The van der Waals surface area contributed by atoms with Crippen molar-refractivity contribution in [1.29, 1.82) is 0 Å². The van der Waals surface area contributed by atoms with Crippen molar-refractivity contribution in [3.63, 3.8) is 0 Å². The third-order valence-corrected chi connectivity index (χ3v) is 8.50. The Morgan fingerprint density at radius 2 is 1.41 bits per heavy atom. The average Bonchev–Trinajstić information content (AvgIpc) is 3.35. The van der Waals surface area contributed by atoms with Gasteiger partial charge >= 0.3 is 0 Å². The fourth-order valence-electron chi connectivity index (χ4n) is 5.42. The minimum Gasteiger partial charge on any atom is -0.487 e. The van der Waals surface area contributed by atoms with Crippen LogP contribution in [0.4, 0.5) is 25.8 Å². The predicted octanol–water partition coefficient (Wildman–Crippen LogP) is 7.98. The molecular formula is C28H25Cl2F2N3O6. The fourth-order valence-corrected chi connectivity index (χ4v) is 5.79. The van der Waals surface area contributed by atoms with Crippen LogP contribution in [0.25, 0.3) is 0 Å². The van der Waals surface area contributed by atoms with Crippen molar-refractivity contribution < 1.29 is 28.1 Å². The molecule has 3 aromatic rings. The van der Waals surface area contributed by atoms with Crippen LogP contribution in [0.1, 0.15) is 49.4 Å². The minimum absolute atomic E-state index is 0.0477. The summed E-state index contributed by atoms with van der Waals surface area (Å²) in [6.07, 6.45) is 1.59. The van der Waals surface area contributed by atoms with Crippen LogP contribution in [0.5, 0.6) is 5.75 Å². The highest BCUT2D eigenvalue weighted by molar-refractivity contribution is 6.33. The molecule has 2 aliphatic heterocycles. The van der Waals surface area contributed by atoms with Crippen molar-refractivity contribution in [2.75, 3.05) is 24.7 Å². The highest BCUT2D eigenvalue weighted by Crippen LogP contribution is 2.49. The summed E-state index contributed by atoms with van der Waals surface area (Å²) in [6, 6.07) is 9.88. The maximum atomic E-state index is 15.4. The van der Waals surface area contributed by atoms with Crippen LogP contribution in [-0.2, 0) is 4.74 Å². The lowest BCUT2D eigenvalue weighted by atomic mass is 9.84. The zero-order valence-corrected chi connectivity index (χ0v) is 23.3. The van der Waals surface area contributed by atoms with E-state index in [1.807, 2.05) is 6.92 Å². The molecule has 0 unspecified atom stereocenters. The summed E-state index contributed by atoms with van der Waals surface area (Å²) in [6.45, 7) is 2.94. The lowest BCUT2D eigenvalue weighted by molar-refractivity contribution is -0.384. The zero-order chi connectivity index (χ0) is 29.5. The number of nitrogens with zero attached hydrogens (tertiary/aromatic N) is 3. The van der Waals surface area contributed by atoms with Gasteiger partial charge in [0.15, 0.2) is 17.4 Å². The van der Waals surface area contributed by atoms with Crippen LogP contribution in [0.3, 0.4) is 0 Å². The van der Waals surface area contributed by atoms with Gasteiger partial charge in [0.25, 0.3) is 11.4 Å². The first kappa shape index (κ1) is 29.0. The second kappa shape index (κ2) is 11.4. The van der Waals surface area contributed by atoms with Gasteiger partial charge in [-0.05, 0) is 42.5 Å². The standard InChI is InChI=1S/C28H25Cl2F2N3O6/c1-2-28(13-40-14-28)15-41-27-21(31)11-18(12-22(27)32)33-23(16-3-5-19(29)25(9-16)34(36)37)7-8-24(33)17-4-6-20(30)26(10-17)35(38)39/h3-6,9-12,23-24H,2,7-8,13-15H2,1H3/t23-,24-/m1/s1. The molecule has 0 amide bonds. The highest BCUT2D eigenvalue weighted by atomic mass is 35.5. The molecule has 41 heavy (non-hydrogen) atoms. The molecule has 0 radical (unpaired) electrons. The van der Waals surface area contributed by atoms with Crippen molar-refractivity contribution in [2.24, 2.45) is 5.41 Å². The Hall–Kier alpha value is -3.54. The number of hydrogen-bond donors (Lipinski definition) is 0. The first-order valence-corrected chi connectivity index (χ1v) is 13.6. The van der Waals surface area contributed by atoms with Gasteiger partial charge in [0.2, 0.25) is 0 Å². The van der Waals surface area contributed by atoms with Crippen LogP contribution in [0, 0.1) is 37.3 Å². The first-order chi connectivity index (χ1) is 19.5. The maximum Gasteiger partial charge on any atom is 0.288 e. The lowest BCUT2D eigenvalue weighted by Gasteiger charge is -2.40. The number of ether oxygens (including phenoxy) is 2. The molecule has 2 atom stereocenters. The molecule has 13 heteroatoms. The molecule has 2 saturated heterocycles. The number of hydrogen-bond acceptors (Lipinski definition) is 7. The van der Waals surface area contributed by atoms with Crippen molar-refractivity contribution in [3.8, 4) is 5.75 Å². The summed E-state index contributed by atoms with van der Waals surface area (Å²) in [4.78, 5) is 23.7. The van der Waals surface area contributed by atoms with Crippen molar-refractivity contribution >= 4 is 40.3 Å². The smallest absolute Gasteiger partial charge is 0.288 e. The van der Waals surface area contributed by atoms with Crippen LogP contribution in [0.2, 0.25) is 10.0 Å². The monoisotopic (exact) mass is 607 g/mol. The average molecular weight is 608 g/mol. The first-order valence-electron chi connectivity index (χ1n) is 12.9. The summed E-state index contributed by atoms with van der Waals surface area (Å²) in [5.41, 5.74) is 0.245. The Bertz CT molecular complexity index is 1420. The quantitative estimate of drug-likeness (QED) is 0.179. The molecule has 0 N–H and O–H groups in total. The SMILES string of the molecule is CCC1(COc2c(F)cc(N3[C@@H](c4ccc(Cl)c([N+](=O)[O-])c4)CC[C@@H]3c3ccc(Cl)c([N+](=O)[O-])c3)cc2F)COC1. The van der Waals surface area contributed by atoms with Crippen LogP contribution in [0.15, 0.2) is 48.5 Å². The van der Waals surface area contributed by atoms with E-state index in [0.717, 1.165) is 18.6 Å². The molecule has 2 aliphatic rings. The number of nitro benzene ring substituents is 2. The van der Waals surface area contributed by atoms with Crippen LogP contribution >= 0.6 is 23.2 Å². The third kappa shape index (κ3) is 5.53. The highest BCUT2D eigenvalue weighted by Gasteiger charge is 2.40. The maximum absolute atomic E-state index is 15.4. The number of benzene rings is 3. The zero-order valence-electron chi connectivity index (χ0n) is 21.8. The summed E-state index contributed by atoms with van der Waals surface area (Å²) in [7, 11) is 0. The van der Waals surface area contributed by atoms with Gasteiger partial charge in [-0.25, -0.2) is 8.78 Å². The van der Waals surface area contributed by atoms with Crippen molar-refractivity contribution in [2.45, 2.75) is 38.3 Å². The second-order valence-corrected chi connectivity index (χ2v) is 11.1. The topological polar surface area (TPSA) is 108 Å². The van der Waals surface area contributed by atoms with Gasteiger partial charge in [0.1, 0.15) is 10.0 Å². The largest absolute Gasteiger partial charge is 0.487 e. The Morgan fingerprint density at radius 1 is 0.927 bits per heavy atom. The van der Waals surface area contributed by atoms with Gasteiger partial charge in [-0.15, -0.1) is 0 Å². The molecular weight excluding hydrogens is 583 g/mol. The van der Waals surface area contributed by atoms with Crippen LogP contribution in [-0.4, -0.2) is 29.7 Å². The summed E-state index contributed by atoms with van der Waals surface area (Å²) < 4.78 is 41.7. The number of anilines is 1. The Balaban J connectivity index is 1.57. The Kier molecular flexibility index (Phi) is 8.04. The second-order valence-electron chi connectivity index (χ2n) is 10.3. The minimum atomic E-state index is -0.917. The van der Waals surface area contributed by atoms with E-state index in [0.29, 0.717) is 37.2 Å². The van der Waals surface area contributed by atoms with E-state index in [9.17, 15) is 20.2 Å².